The first kappa shape index (κ1) is 25.6. The molecule has 190 valence electrons. The number of hydrogen-bond donors (Lipinski definition) is 1. The van der Waals surface area contributed by atoms with Gasteiger partial charge in [0.25, 0.3) is 0 Å². The first-order chi connectivity index (χ1) is 17.7. The lowest BCUT2D eigenvalue weighted by Gasteiger charge is -2.32. The summed E-state index contributed by atoms with van der Waals surface area (Å²) in [7, 11) is 3.30. The average Bonchev–Trinajstić information content (AvgIpc) is 2.93. The van der Waals surface area contributed by atoms with Gasteiger partial charge in [-0.3, -0.25) is 0 Å². The fraction of sp³-hybridized carbons (Fsp3) is 0.414. The van der Waals surface area contributed by atoms with E-state index in [1.807, 2.05) is 19.2 Å². The van der Waals surface area contributed by atoms with E-state index in [2.05, 4.69) is 57.7 Å². The predicted molar refractivity (Wildman–Crippen MR) is 142 cm³/mol. The molecule has 1 aliphatic heterocycles. The lowest BCUT2D eigenvalue weighted by atomic mass is 9.90. The fourth-order valence-corrected chi connectivity index (χ4v) is 4.60. The van der Waals surface area contributed by atoms with Crippen molar-refractivity contribution in [1.82, 2.24) is 15.3 Å². The Hall–Kier alpha value is -3.45. The molecule has 0 aliphatic carbocycles. The van der Waals surface area contributed by atoms with Crippen molar-refractivity contribution in [2.75, 3.05) is 45.3 Å². The van der Waals surface area contributed by atoms with Gasteiger partial charge in [-0.2, -0.15) is 0 Å². The van der Waals surface area contributed by atoms with E-state index in [-0.39, 0.29) is 0 Å². The highest BCUT2D eigenvalue weighted by atomic mass is 16.5. The third-order valence-corrected chi connectivity index (χ3v) is 6.72. The van der Waals surface area contributed by atoms with Crippen molar-refractivity contribution in [1.29, 1.82) is 0 Å². The summed E-state index contributed by atoms with van der Waals surface area (Å²) in [6, 6.07) is 18.8. The molecule has 1 N–H and O–H groups in total. The van der Waals surface area contributed by atoms with Crippen LogP contribution in [0.25, 0.3) is 0 Å². The SMILES string of the molecule is CNCCOc1ccc(CCc2nc(N3CCC(Cc4ccccc4)CC3)ncc2C(=O)OC)cc1. The molecule has 36 heavy (non-hydrogen) atoms. The largest absolute Gasteiger partial charge is 0.492 e. The summed E-state index contributed by atoms with van der Waals surface area (Å²) in [5.41, 5.74) is 3.72. The minimum Gasteiger partial charge on any atom is -0.492 e. The number of likely N-dealkylation sites (N-methyl/N-ethyl adjacent to an activating group) is 1. The summed E-state index contributed by atoms with van der Waals surface area (Å²) in [5, 5.41) is 3.07. The quantitative estimate of drug-likeness (QED) is 0.322. The van der Waals surface area contributed by atoms with Crippen LogP contribution in [0.5, 0.6) is 5.75 Å². The molecular formula is C29H36N4O3. The Morgan fingerprint density at radius 2 is 1.78 bits per heavy atom. The molecule has 3 aromatic rings. The normalized spacial score (nSPS) is 14.0. The number of benzene rings is 2. The number of rotatable bonds is 11. The third kappa shape index (κ3) is 7.04. The molecule has 7 nitrogen and oxygen atoms in total. The third-order valence-electron chi connectivity index (χ3n) is 6.72. The van der Waals surface area contributed by atoms with Gasteiger partial charge in [0.05, 0.1) is 18.4 Å². The number of hydrogen-bond acceptors (Lipinski definition) is 7. The maximum absolute atomic E-state index is 12.4. The highest BCUT2D eigenvalue weighted by Gasteiger charge is 2.23. The zero-order valence-corrected chi connectivity index (χ0v) is 21.3. The fourth-order valence-electron chi connectivity index (χ4n) is 4.60. The number of aromatic nitrogens is 2. The van der Waals surface area contributed by atoms with Crippen LogP contribution in [0.15, 0.2) is 60.8 Å². The summed E-state index contributed by atoms with van der Waals surface area (Å²) >= 11 is 0. The van der Waals surface area contributed by atoms with E-state index >= 15 is 0 Å². The van der Waals surface area contributed by atoms with Gasteiger partial charge < -0.3 is 19.7 Å². The van der Waals surface area contributed by atoms with E-state index in [4.69, 9.17) is 14.5 Å². The Labute approximate surface area is 213 Å². The molecule has 1 saturated heterocycles. The second-order valence-electron chi connectivity index (χ2n) is 9.24. The van der Waals surface area contributed by atoms with Crippen molar-refractivity contribution in [2.24, 2.45) is 5.92 Å². The Bertz CT molecular complexity index is 1100. The maximum Gasteiger partial charge on any atom is 0.341 e. The molecule has 2 aromatic carbocycles. The number of carbonyl (C=O) groups is 1. The van der Waals surface area contributed by atoms with Gasteiger partial charge in [0.1, 0.15) is 12.4 Å². The zero-order chi connectivity index (χ0) is 25.2. The van der Waals surface area contributed by atoms with Gasteiger partial charge in [-0.25, -0.2) is 14.8 Å². The number of ether oxygens (including phenoxy) is 2. The molecule has 2 heterocycles. The molecule has 7 heteroatoms. The van der Waals surface area contributed by atoms with Crippen molar-refractivity contribution in [3.05, 3.63) is 83.2 Å². The molecule has 0 spiro atoms. The molecule has 1 aliphatic rings. The number of esters is 1. The molecule has 4 rings (SSSR count). The Balaban J connectivity index is 1.39. The summed E-state index contributed by atoms with van der Waals surface area (Å²) < 4.78 is 10.7. The van der Waals surface area contributed by atoms with Crippen LogP contribution in [0.3, 0.4) is 0 Å². The van der Waals surface area contributed by atoms with Crippen LogP contribution in [0.4, 0.5) is 5.95 Å². The maximum atomic E-state index is 12.4. The topological polar surface area (TPSA) is 76.6 Å². The average molecular weight is 489 g/mol. The van der Waals surface area contributed by atoms with Gasteiger partial charge in [-0.15, -0.1) is 0 Å². The van der Waals surface area contributed by atoms with Gasteiger partial charge in [0, 0.05) is 25.8 Å². The van der Waals surface area contributed by atoms with Crippen molar-refractivity contribution in [3.63, 3.8) is 0 Å². The molecule has 0 bridgehead atoms. The first-order valence-electron chi connectivity index (χ1n) is 12.8. The summed E-state index contributed by atoms with van der Waals surface area (Å²) in [6.45, 7) is 3.28. The molecule has 0 amide bonds. The molecule has 0 saturated carbocycles. The van der Waals surface area contributed by atoms with Crippen LogP contribution < -0.4 is 15.0 Å². The number of carbonyl (C=O) groups excluding carboxylic acids is 1. The summed E-state index contributed by atoms with van der Waals surface area (Å²) in [4.78, 5) is 24.0. The van der Waals surface area contributed by atoms with Crippen LogP contribution in [-0.4, -0.2) is 56.3 Å². The van der Waals surface area contributed by atoms with E-state index in [9.17, 15) is 4.79 Å². The van der Waals surface area contributed by atoms with Crippen LogP contribution in [-0.2, 0) is 24.0 Å². The number of piperidine rings is 1. The van der Waals surface area contributed by atoms with Crippen molar-refractivity contribution in [2.45, 2.75) is 32.1 Å². The number of nitrogens with one attached hydrogen (secondary N) is 1. The van der Waals surface area contributed by atoms with Crippen molar-refractivity contribution >= 4 is 11.9 Å². The Morgan fingerprint density at radius 3 is 2.47 bits per heavy atom. The van der Waals surface area contributed by atoms with Crippen molar-refractivity contribution < 1.29 is 14.3 Å². The van der Waals surface area contributed by atoms with Crippen molar-refractivity contribution in [3.8, 4) is 5.75 Å². The molecular weight excluding hydrogens is 452 g/mol. The second-order valence-corrected chi connectivity index (χ2v) is 9.24. The molecule has 0 atom stereocenters. The van der Waals surface area contributed by atoms with Gasteiger partial charge in [0.2, 0.25) is 5.95 Å². The molecule has 0 unspecified atom stereocenters. The molecule has 0 radical (unpaired) electrons. The van der Waals surface area contributed by atoms with E-state index < -0.39 is 5.97 Å². The first-order valence-corrected chi connectivity index (χ1v) is 12.8. The monoisotopic (exact) mass is 488 g/mol. The summed E-state index contributed by atoms with van der Waals surface area (Å²) in [5.74, 6) is 1.82. The van der Waals surface area contributed by atoms with Gasteiger partial charge >= 0.3 is 5.97 Å². The minimum absolute atomic E-state index is 0.397. The zero-order valence-electron chi connectivity index (χ0n) is 21.3. The number of nitrogens with zero attached hydrogens (tertiary/aromatic N) is 3. The number of methoxy groups -OCH3 is 1. The predicted octanol–water partition coefficient (Wildman–Crippen LogP) is 4.11. The number of anilines is 1. The standard InChI is InChI=1S/C29H36N4O3/c1-30-16-19-36-25-11-8-22(9-12-25)10-13-27-26(28(34)35-2)21-31-29(32-27)33-17-14-24(15-18-33)20-23-6-4-3-5-7-23/h3-9,11-12,21,24,30H,10,13-20H2,1-2H3. The minimum atomic E-state index is -0.397. The number of aryl methyl sites for hydroxylation is 2. The van der Waals surface area contributed by atoms with Crippen LogP contribution in [0, 0.1) is 5.92 Å². The van der Waals surface area contributed by atoms with Crippen LogP contribution in [0.1, 0.15) is 40.0 Å². The Kier molecular flexibility index (Phi) is 9.27. The van der Waals surface area contributed by atoms with E-state index in [0.717, 1.165) is 62.3 Å². The van der Waals surface area contributed by atoms with E-state index in [1.165, 1.54) is 12.7 Å². The van der Waals surface area contributed by atoms with Gasteiger partial charge in [-0.05, 0) is 68.3 Å². The summed E-state index contributed by atoms with van der Waals surface area (Å²) in [6.07, 6.45) is 6.34. The lowest BCUT2D eigenvalue weighted by molar-refractivity contribution is 0.0598. The second kappa shape index (κ2) is 13.0. The molecule has 1 fully saturated rings. The van der Waals surface area contributed by atoms with E-state index in [1.54, 1.807) is 6.20 Å². The van der Waals surface area contributed by atoms with Crippen LogP contribution in [0.2, 0.25) is 0 Å². The molecule has 1 aromatic heterocycles. The van der Waals surface area contributed by atoms with Crippen LogP contribution >= 0.6 is 0 Å². The lowest BCUT2D eigenvalue weighted by Crippen LogP contribution is -2.35. The van der Waals surface area contributed by atoms with Gasteiger partial charge in [0.15, 0.2) is 0 Å². The highest BCUT2D eigenvalue weighted by molar-refractivity contribution is 5.90. The highest BCUT2D eigenvalue weighted by Crippen LogP contribution is 2.25. The Morgan fingerprint density at radius 1 is 1.03 bits per heavy atom. The van der Waals surface area contributed by atoms with Gasteiger partial charge in [-0.1, -0.05) is 42.5 Å². The smallest absolute Gasteiger partial charge is 0.341 e. The van der Waals surface area contributed by atoms with E-state index in [0.29, 0.717) is 30.5 Å².